The fourth-order valence-corrected chi connectivity index (χ4v) is 5.42. The molecule has 6 nitrogen and oxygen atoms in total. The third-order valence-electron chi connectivity index (χ3n) is 6.80. The highest BCUT2D eigenvalue weighted by atomic mass is 79.9. The Bertz CT molecular complexity index is 976. The Morgan fingerprint density at radius 2 is 2.00 bits per heavy atom. The van der Waals surface area contributed by atoms with E-state index in [0.717, 1.165) is 40.6 Å². The average Bonchev–Trinajstić information content (AvgIpc) is 3.38. The molecule has 10 heteroatoms. The highest BCUT2D eigenvalue weighted by Gasteiger charge is 2.48. The Morgan fingerprint density at radius 1 is 1.23 bits per heavy atom. The van der Waals surface area contributed by atoms with Crippen molar-refractivity contribution in [1.82, 2.24) is 14.7 Å². The van der Waals surface area contributed by atoms with Crippen LogP contribution in [0.15, 0.2) is 34.9 Å². The topological polar surface area (TPSA) is 54.6 Å². The minimum Gasteiger partial charge on any atom is -0.363 e. The maximum absolute atomic E-state index is 13.9. The van der Waals surface area contributed by atoms with Crippen molar-refractivity contribution < 1.29 is 22.9 Å². The van der Waals surface area contributed by atoms with Gasteiger partial charge in [-0.1, -0.05) is 28.1 Å². The Kier molecular flexibility index (Phi) is 5.24. The Balaban J connectivity index is 1.46. The summed E-state index contributed by atoms with van der Waals surface area (Å²) in [5, 5.41) is 7.19. The number of alkyl halides is 3. The number of nitrogens with zero attached hydrogens (tertiary/aromatic N) is 3. The van der Waals surface area contributed by atoms with Gasteiger partial charge in [0.1, 0.15) is 17.4 Å². The second kappa shape index (κ2) is 7.81. The molecule has 0 saturated carbocycles. The van der Waals surface area contributed by atoms with Gasteiger partial charge in [0.05, 0.1) is 38.4 Å². The maximum atomic E-state index is 13.9. The minimum absolute atomic E-state index is 0.160. The summed E-state index contributed by atoms with van der Waals surface area (Å²) in [5.41, 5.74) is 0.962. The van der Waals surface area contributed by atoms with Crippen LogP contribution in [0.4, 0.5) is 19.0 Å². The lowest BCUT2D eigenvalue weighted by atomic mass is 9.96. The van der Waals surface area contributed by atoms with Gasteiger partial charge in [-0.25, -0.2) is 4.68 Å². The molecule has 0 bridgehead atoms. The van der Waals surface area contributed by atoms with E-state index in [1.54, 1.807) is 29.2 Å². The van der Waals surface area contributed by atoms with Crippen LogP contribution in [0, 0.1) is 0 Å². The van der Waals surface area contributed by atoms with E-state index in [2.05, 4.69) is 26.3 Å². The smallest absolute Gasteiger partial charge is 0.363 e. The number of piperazine rings is 1. The maximum Gasteiger partial charge on any atom is 0.410 e. The van der Waals surface area contributed by atoms with Gasteiger partial charge in [0.2, 0.25) is 0 Å². The summed E-state index contributed by atoms with van der Waals surface area (Å²) >= 11 is 3.36. The number of fused-ring (bicyclic) bond motifs is 2. The molecule has 1 aromatic carbocycles. The predicted octanol–water partition coefficient (Wildman–Crippen LogP) is 2.81. The zero-order valence-electron chi connectivity index (χ0n) is 16.8. The highest BCUT2D eigenvalue weighted by Crippen LogP contribution is 2.44. The molecule has 166 valence electrons. The van der Waals surface area contributed by atoms with Crippen LogP contribution >= 0.6 is 15.9 Å². The quantitative estimate of drug-likeness (QED) is 0.669. The van der Waals surface area contributed by atoms with Gasteiger partial charge in [0.15, 0.2) is 6.04 Å². The van der Waals surface area contributed by atoms with Gasteiger partial charge < -0.3 is 15.1 Å². The fraction of sp³-hybridized carbons (Fsp3) is 0.524. The molecule has 0 aliphatic carbocycles. The summed E-state index contributed by atoms with van der Waals surface area (Å²) in [7, 11) is 0. The van der Waals surface area contributed by atoms with Gasteiger partial charge in [0.25, 0.3) is 5.91 Å². The molecule has 4 heterocycles. The number of anilines is 1. The molecule has 3 aliphatic rings. The molecule has 1 amide bonds. The molecule has 31 heavy (non-hydrogen) atoms. The van der Waals surface area contributed by atoms with Crippen LogP contribution in [0.3, 0.4) is 0 Å². The molecule has 0 radical (unpaired) electrons. The lowest BCUT2D eigenvalue weighted by Gasteiger charge is -2.36. The van der Waals surface area contributed by atoms with Crippen molar-refractivity contribution in [2.24, 2.45) is 0 Å². The molecule has 2 N–H and O–H groups in total. The van der Waals surface area contributed by atoms with E-state index in [0.29, 0.717) is 19.1 Å². The third-order valence-corrected chi connectivity index (χ3v) is 7.33. The Labute approximate surface area is 186 Å². The number of amides is 1. The van der Waals surface area contributed by atoms with Crippen LogP contribution in [-0.2, 0) is 0 Å². The van der Waals surface area contributed by atoms with E-state index in [9.17, 15) is 18.0 Å². The summed E-state index contributed by atoms with van der Waals surface area (Å²) in [4.78, 5) is 16.6. The van der Waals surface area contributed by atoms with Gasteiger partial charge in [-0.2, -0.15) is 18.3 Å². The summed E-state index contributed by atoms with van der Waals surface area (Å²) in [5.74, 6) is -0.0789. The average molecular weight is 499 g/mol. The third kappa shape index (κ3) is 3.84. The first kappa shape index (κ1) is 20.8. The zero-order chi connectivity index (χ0) is 21.8. The number of carbonyl (C=O) groups excluding carboxylic acids is 1. The molecular weight excluding hydrogens is 475 g/mol. The van der Waals surface area contributed by atoms with Gasteiger partial charge in [-0.15, -0.1) is 0 Å². The number of quaternary nitrogens is 1. The number of benzene rings is 1. The molecule has 5 rings (SSSR count). The van der Waals surface area contributed by atoms with Crippen LogP contribution in [-0.4, -0.2) is 59.0 Å². The second-order valence-corrected chi connectivity index (χ2v) is 9.56. The minimum atomic E-state index is -4.46. The molecular formula is C21H24BrF3N5O+. The number of aromatic nitrogens is 2. The SMILES string of the molecule is O=C(c1cnn2c1N[C@@H](c1ccc(Br)cc1)C[C@@H]2C(F)(F)F)N1CC[NH+]2CCC[C@@H]2C1. The summed E-state index contributed by atoms with van der Waals surface area (Å²) < 4.78 is 43.5. The monoisotopic (exact) mass is 498 g/mol. The molecule has 0 spiro atoms. The van der Waals surface area contributed by atoms with Gasteiger partial charge in [-0.05, 0) is 17.7 Å². The van der Waals surface area contributed by atoms with Crippen LogP contribution in [0.1, 0.15) is 47.3 Å². The van der Waals surface area contributed by atoms with Crippen molar-refractivity contribution in [2.75, 3.05) is 31.5 Å². The zero-order valence-corrected chi connectivity index (χ0v) is 18.4. The van der Waals surface area contributed by atoms with Crippen molar-refractivity contribution in [3.05, 3.63) is 46.1 Å². The van der Waals surface area contributed by atoms with Crippen molar-refractivity contribution in [2.45, 2.75) is 43.6 Å². The Hall–Kier alpha value is -2.07. The molecule has 2 saturated heterocycles. The predicted molar refractivity (Wildman–Crippen MR) is 112 cm³/mol. The number of halogens is 4. The first-order valence-corrected chi connectivity index (χ1v) is 11.4. The van der Waals surface area contributed by atoms with Crippen molar-refractivity contribution in [1.29, 1.82) is 0 Å². The largest absolute Gasteiger partial charge is 0.410 e. The van der Waals surface area contributed by atoms with E-state index in [4.69, 9.17) is 0 Å². The molecule has 1 unspecified atom stereocenters. The summed E-state index contributed by atoms with van der Waals surface area (Å²) in [6, 6.07) is 5.29. The number of hydrogen-bond acceptors (Lipinski definition) is 3. The first-order chi connectivity index (χ1) is 14.8. The summed E-state index contributed by atoms with van der Waals surface area (Å²) in [6.07, 6.45) is -1.10. The van der Waals surface area contributed by atoms with Crippen LogP contribution in [0.5, 0.6) is 0 Å². The van der Waals surface area contributed by atoms with E-state index in [1.807, 2.05) is 0 Å². The van der Waals surface area contributed by atoms with Crippen molar-refractivity contribution >= 4 is 27.7 Å². The van der Waals surface area contributed by atoms with E-state index in [-0.39, 0.29) is 23.7 Å². The molecule has 2 aromatic rings. The Morgan fingerprint density at radius 3 is 2.74 bits per heavy atom. The van der Waals surface area contributed by atoms with Gasteiger partial charge in [-0.3, -0.25) is 4.79 Å². The van der Waals surface area contributed by atoms with Gasteiger partial charge >= 0.3 is 6.18 Å². The number of rotatable bonds is 2. The number of nitrogens with one attached hydrogen (secondary N) is 2. The van der Waals surface area contributed by atoms with Crippen LogP contribution in [0.2, 0.25) is 0 Å². The fourth-order valence-electron chi connectivity index (χ4n) is 5.16. The standard InChI is InChI=1S/C21H23BrF3N5O/c22-14-5-3-13(4-6-14)17-10-18(21(23,24)25)30-19(27-17)16(11-26-30)20(31)29-9-8-28-7-1-2-15(28)12-29/h3-6,11,15,17-18,27H,1-2,7-10,12H2/p+1/t15-,17-,18-/m1/s1. The van der Waals surface area contributed by atoms with Crippen LogP contribution < -0.4 is 10.2 Å². The van der Waals surface area contributed by atoms with E-state index >= 15 is 0 Å². The van der Waals surface area contributed by atoms with Gasteiger partial charge in [0, 0.05) is 23.7 Å². The summed E-state index contributed by atoms with van der Waals surface area (Å²) in [6.45, 7) is 3.30. The molecule has 2 fully saturated rings. The van der Waals surface area contributed by atoms with Crippen molar-refractivity contribution in [3.8, 4) is 0 Å². The molecule has 1 aromatic heterocycles. The van der Waals surface area contributed by atoms with Crippen LogP contribution in [0.25, 0.3) is 0 Å². The normalized spacial score (nSPS) is 28.1. The highest BCUT2D eigenvalue weighted by molar-refractivity contribution is 9.10. The van der Waals surface area contributed by atoms with E-state index < -0.39 is 18.3 Å². The lowest BCUT2D eigenvalue weighted by molar-refractivity contribution is -0.916. The second-order valence-electron chi connectivity index (χ2n) is 8.64. The first-order valence-electron chi connectivity index (χ1n) is 10.6. The molecule has 3 aliphatic heterocycles. The van der Waals surface area contributed by atoms with E-state index in [1.165, 1.54) is 11.1 Å². The lowest BCUT2D eigenvalue weighted by Crippen LogP contribution is -3.16. The number of hydrogen-bond donors (Lipinski definition) is 2. The molecule has 4 atom stereocenters. The van der Waals surface area contributed by atoms with Crippen molar-refractivity contribution in [3.63, 3.8) is 0 Å². The number of carbonyl (C=O) groups is 1.